The molecule has 2 atom stereocenters. The molecule has 0 radical (unpaired) electrons. The van der Waals surface area contributed by atoms with E-state index >= 15 is 0 Å². The van der Waals surface area contributed by atoms with Gasteiger partial charge in [-0.05, 0) is 56.0 Å². The number of nitro benzene ring substituents is 1. The Morgan fingerprint density at radius 1 is 1.07 bits per heavy atom. The number of nitro groups is 1. The molecule has 0 aliphatic rings. The van der Waals surface area contributed by atoms with Crippen molar-refractivity contribution in [2.45, 2.75) is 65.3 Å². The number of nitrogens with zero attached hydrogens (tertiary/aromatic N) is 4. The van der Waals surface area contributed by atoms with E-state index in [0.717, 1.165) is 28.4 Å². The maximum absolute atomic E-state index is 13.6. The van der Waals surface area contributed by atoms with Gasteiger partial charge in [-0.25, -0.2) is 14.5 Å². The second-order valence-electron chi connectivity index (χ2n) is 12.2. The molecule has 0 aliphatic carbocycles. The summed E-state index contributed by atoms with van der Waals surface area (Å²) in [5, 5.41) is 35.0. The predicted molar refractivity (Wildman–Crippen MR) is 164 cm³/mol. The molecule has 0 fully saturated rings. The lowest BCUT2D eigenvalue weighted by molar-refractivity contribution is -0.383. The Bertz CT molecular complexity index is 1530. The molecule has 1 unspecified atom stereocenters. The van der Waals surface area contributed by atoms with Crippen molar-refractivity contribution in [1.82, 2.24) is 15.5 Å². The topological polar surface area (TPSA) is 160 Å². The van der Waals surface area contributed by atoms with Crippen LogP contribution in [0.4, 0.5) is 39.3 Å². The lowest BCUT2D eigenvalue weighted by Crippen LogP contribution is -2.52. The van der Waals surface area contributed by atoms with Gasteiger partial charge in [-0.15, -0.1) is 10.2 Å². The second kappa shape index (κ2) is 13.3. The molecule has 3 aromatic rings. The summed E-state index contributed by atoms with van der Waals surface area (Å²) in [6, 6.07) is 7.70. The summed E-state index contributed by atoms with van der Waals surface area (Å²) in [5.74, 6) is -0.721. The van der Waals surface area contributed by atoms with Crippen molar-refractivity contribution in [3.8, 4) is 10.6 Å². The molecule has 0 saturated heterocycles. The number of ether oxygens (including phenoxy) is 1. The number of hydrogen-bond acceptors (Lipinski definition) is 9. The van der Waals surface area contributed by atoms with Gasteiger partial charge in [-0.2, -0.15) is 13.2 Å². The Hall–Kier alpha value is -4.47. The fourth-order valence-corrected chi connectivity index (χ4v) is 5.66. The second-order valence-corrected chi connectivity index (χ2v) is 13.2. The highest BCUT2D eigenvalue weighted by Crippen LogP contribution is 2.41. The Morgan fingerprint density at radius 2 is 1.69 bits per heavy atom. The maximum atomic E-state index is 13.6. The van der Waals surface area contributed by atoms with E-state index in [1.807, 2.05) is 0 Å². The largest absolute Gasteiger partial charge is 0.465 e. The van der Waals surface area contributed by atoms with Crippen molar-refractivity contribution in [1.29, 1.82) is 0 Å². The Morgan fingerprint density at radius 3 is 2.18 bits per heavy atom. The molecule has 0 spiro atoms. The Kier molecular flexibility index (Phi) is 10.3. The van der Waals surface area contributed by atoms with Crippen molar-refractivity contribution in [2.75, 3.05) is 23.8 Å². The van der Waals surface area contributed by atoms with E-state index in [1.165, 1.54) is 37.4 Å². The quantitative estimate of drug-likeness (QED) is 0.158. The third-order valence-electron chi connectivity index (χ3n) is 6.59. The van der Waals surface area contributed by atoms with Crippen LogP contribution in [-0.4, -0.2) is 57.6 Å². The predicted octanol–water partition coefficient (Wildman–Crippen LogP) is 7.38. The van der Waals surface area contributed by atoms with Crippen LogP contribution in [0.15, 0.2) is 42.5 Å². The molecular formula is C29H35F3N6O6S. The summed E-state index contributed by atoms with van der Waals surface area (Å²) in [6.07, 6.45) is -6.83. The summed E-state index contributed by atoms with van der Waals surface area (Å²) >= 11 is 0.967. The fraction of sp³-hybridized carbons (Fsp3) is 0.448. The zero-order valence-corrected chi connectivity index (χ0v) is 26.5. The number of carbonyl (C=O) groups is 2. The van der Waals surface area contributed by atoms with E-state index in [9.17, 15) is 38.0 Å². The molecule has 45 heavy (non-hydrogen) atoms. The third kappa shape index (κ3) is 9.03. The monoisotopic (exact) mass is 652 g/mol. The number of carboxylic acid groups (broad SMARTS) is 1. The molecular weight excluding hydrogens is 617 g/mol. The standard InChI is InChI=1S/C29H35F3N6O6S/c1-27(2,3)22(16-8-11-18(12-9-16)29(30,31)32)20(34-25(39)40)15-37(26(41)44-28(4,5)6)24-36-35-23(45-24)17-10-13-21(38(42)43)19(14-17)33-7/h8-14,20,22,33-34H,15H2,1-7H3,(H,39,40)/t20?,22-/m0/s1. The van der Waals surface area contributed by atoms with Gasteiger partial charge in [-0.1, -0.05) is 44.2 Å². The van der Waals surface area contributed by atoms with Gasteiger partial charge in [0, 0.05) is 24.6 Å². The van der Waals surface area contributed by atoms with E-state index in [1.54, 1.807) is 41.5 Å². The molecule has 3 rings (SSSR count). The van der Waals surface area contributed by atoms with Crippen molar-refractivity contribution in [2.24, 2.45) is 5.41 Å². The zero-order valence-electron chi connectivity index (χ0n) is 25.7. The van der Waals surface area contributed by atoms with E-state index in [4.69, 9.17) is 4.74 Å². The fourth-order valence-electron chi connectivity index (χ4n) is 4.82. The first-order chi connectivity index (χ1) is 20.7. The zero-order chi connectivity index (χ0) is 33.9. The molecule has 2 amide bonds. The van der Waals surface area contributed by atoms with Crippen LogP contribution in [0.1, 0.15) is 58.6 Å². The van der Waals surface area contributed by atoms with Crippen LogP contribution in [0, 0.1) is 15.5 Å². The number of aromatic nitrogens is 2. The van der Waals surface area contributed by atoms with Gasteiger partial charge >= 0.3 is 18.4 Å². The van der Waals surface area contributed by atoms with Crippen LogP contribution >= 0.6 is 11.3 Å². The average Bonchev–Trinajstić information content (AvgIpc) is 3.38. The van der Waals surface area contributed by atoms with Gasteiger partial charge in [0.2, 0.25) is 5.13 Å². The highest BCUT2D eigenvalue weighted by molar-refractivity contribution is 7.18. The van der Waals surface area contributed by atoms with Crippen LogP contribution in [0.3, 0.4) is 0 Å². The first-order valence-electron chi connectivity index (χ1n) is 13.7. The summed E-state index contributed by atoms with van der Waals surface area (Å²) < 4.78 is 45.5. The number of nitrogens with one attached hydrogen (secondary N) is 2. The highest BCUT2D eigenvalue weighted by atomic mass is 32.1. The number of benzene rings is 2. The molecule has 1 aromatic heterocycles. The maximum Gasteiger partial charge on any atom is 0.416 e. The number of halogens is 3. The van der Waals surface area contributed by atoms with Crippen LogP contribution in [0.25, 0.3) is 10.6 Å². The van der Waals surface area contributed by atoms with Gasteiger partial charge in [0.15, 0.2) is 0 Å². The van der Waals surface area contributed by atoms with E-state index in [2.05, 4.69) is 20.8 Å². The number of alkyl halides is 3. The molecule has 0 aliphatic heterocycles. The summed E-state index contributed by atoms with van der Waals surface area (Å²) in [4.78, 5) is 37.5. The molecule has 3 N–H and O–H groups in total. The summed E-state index contributed by atoms with van der Waals surface area (Å²) in [5.41, 5.74) is -1.55. The lowest BCUT2D eigenvalue weighted by atomic mass is 9.72. The van der Waals surface area contributed by atoms with Gasteiger partial charge in [0.05, 0.1) is 23.1 Å². The molecule has 16 heteroatoms. The van der Waals surface area contributed by atoms with E-state index in [0.29, 0.717) is 16.1 Å². The third-order valence-corrected chi connectivity index (χ3v) is 7.58. The number of anilines is 2. The van der Waals surface area contributed by atoms with E-state index in [-0.39, 0.29) is 23.1 Å². The normalized spacial score (nSPS) is 13.5. The van der Waals surface area contributed by atoms with Crippen LogP contribution < -0.4 is 15.5 Å². The number of carbonyl (C=O) groups excluding carboxylic acids is 1. The minimum absolute atomic E-state index is 0.0425. The lowest BCUT2D eigenvalue weighted by Gasteiger charge is -2.39. The van der Waals surface area contributed by atoms with Crippen molar-refractivity contribution >= 4 is 40.0 Å². The van der Waals surface area contributed by atoms with E-state index < -0.39 is 51.8 Å². The van der Waals surface area contributed by atoms with Crippen LogP contribution in [0.5, 0.6) is 0 Å². The van der Waals surface area contributed by atoms with Gasteiger partial charge < -0.3 is 20.5 Å². The highest BCUT2D eigenvalue weighted by Gasteiger charge is 2.39. The molecule has 1 heterocycles. The smallest absolute Gasteiger partial charge is 0.416 e. The molecule has 2 aromatic carbocycles. The Balaban J connectivity index is 2.11. The van der Waals surface area contributed by atoms with Crippen LogP contribution in [-0.2, 0) is 10.9 Å². The molecule has 244 valence electrons. The molecule has 12 nitrogen and oxygen atoms in total. The average molecular weight is 653 g/mol. The van der Waals surface area contributed by atoms with Gasteiger partial charge in [-0.3, -0.25) is 10.1 Å². The first-order valence-corrected chi connectivity index (χ1v) is 14.5. The van der Waals surface area contributed by atoms with Crippen LogP contribution in [0.2, 0.25) is 0 Å². The summed E-state index contributed by atoms with van der Waals surface area (Å²) in [6.45, 7) is 10.1. The number of amides is 2. The van der Waals surface area contributed by atoms with Gasteiger partial charge in [0.1, 0.15) is 16.3 Å². The van der Waals surface area contributed by atoms with Crippen molar-refractivity contribution in [3.63, 3.8) is 0 Å². The number of rotatable bonds is 9. The minimum atomic E-state index is -4.56. The minimum Gasteiger partial charge on any atom is -0.465 e. The first kappa shape index (κ1) is 35.0. The molecule has 0 saturated carbocycles. The van der Waals surface area contributed by atoms with Crippen molar-refractivity contribution < 1.29 is 37.5 Å². The number of hydrogen-bond donors (Lipinski definition) is 3. The van der Waals surface area contributed by atoms with Crippen molar-refractivity contribution in [3.05, 3.63) is 63.7 Å². The molecule has 0 bridgehead atoms. The summed E-state index contributed by atoms with van der Waals surface area (Å²) in [7, 11) is 1.53. The van der Waals surface area contributed by atoms with Gasteiger partial charge in [0.25, 0.3) is 5.69 Å². The Labute approximate surface area is 261 Å². The SMILES string of the molecule is CNc1cc(-c2nnc(N(CC(NC(=O)O)[C@H](c3ccc(C(F)(F)F)cc3)C(C)(C)C)C(=O)OC(C)(C)C)s2)ccc1[N+](=O)[O-].